The zero-order valence-corrected chi connectivity index (χ0v) is 16.9. The maximum Gasteiger partial charge on any atom is 0.230 e. The van der Waals surface area contributed by atoms with Gasteiger partial charge in [-0.05, 0) is 26.8 Å². The number of carbonyl (C=O) groups is 1. The fourth-order valence-electron chi connectivity index (χ4n) is 2.69. The van der Waals surface area contributed by atoms with E-state index in [9.17, 15) is 4.79 Å². The number of thioether (sulfide) groups is 1. The second-order valence-electron chi connectivity index (χ2n) is 6.03. The van der Waals surface area contributed by atoms with Crippen LogP contribution in [0.5, 0.6) is 5.75 Å². The highest BCUT2D eigenvalue weighted by atomic mass is 32.2. The molecule has 1 atom stereocenters. The first-order chi connectivity index (χ1) is 12.5. The number of imidazole rings is 1. The van der Waals surface area contributed by atoms with Crippen LogP contribution >= 0.6 is 11.8 Å². The monoisotopic (exact) mass is 377 g/mol. The Kier molecular flexibility index (Phi) is 7.53. The van der Waals surface area contributed by atoms with Gasteiger partial charge in [-0.2, -0.15) is 0 Å². The average Bonchev–Trinajstić information content (AvgIpc) is 2.91. The third-order valence-electron chi connectivity index (χ3n) is 4.26. The maximum absolute atomic E-state index is 12.4. The second-order valence-corrected chi connectivity index (χ2v) is 6.97. The Morgan fingerprint density at radius 2 is 2.04 bits per heavy atom. The Morgan fingerprint density at radius 1 is 1.31 bits per heavy atom. The lowest BCUT2D eigenvalue weighted by Crippen LogP contribution is -2.28. The van der Waals surface area contributed by atoms with Crippen molar-refractivity contribution < 1.29 is 14.3 Å². The topological polar surface area (TPSA) is 65.4 Å². The minimum atomic E-state index is -0.129. The smallest absolute Gasteiger partial charge is 0.230 e. The zero-order chi connectivity index (χ0) is 19.1. The van der Waals surface area contributed by atoms with E-state index >= 15 is 0 Å². The maximum atomic E-state index is 12.4. The molecule has 0 fully saturated rings. The van der Waals surface area contributed by atoms with Crippen molar-refractivity contribution in [2.24, 2.45) is 0 Å². The molecule has 0 saturated carbocycles. The van der Waals surface area contributed by atoms with Crippen LogP contribution in [0.1, 0.15) is 29.9 Å². The Hall–Kier alpha value is -1.99. The summed E-state index contributed by atoms with van der Waals surface area (Å²) in [5.74, 6) is 1.04. The van der Waals surface area contributed by atoms with Crippen LogP contribution in [0.15, 0.2) is 29.4 Å². The highest BCUT2D eigenvalue weighted by molar-refractivity contribution is 7.99. The predicted octanol–water partition coefficient (Wildman–Crippen LogP) is 3.12. The van der Waals surface area contributed by atoms with E-state index in [0.29, 0.717) is 12.4 Å². The van der Waals surface area contributed by atoms with E-state index in [4.69, 9.17) is 9.47 Å². The molecule has 1 aromatic carbocycles. The minimum absolute atomic E-state index is 0.0370. The molecule has 0 aliphatic rings. The van der Waals surface area contributed by atoms with E-state index in [-0.39, 0.29) is 11.9 Å². The number of benzene rings is 1. The molecule has 142 valence electrons. The number of nitrogens with zero attached hydrogens (tertiary/aromatic N) is 2. The number of carbonyl (C=O) groups excluding carboxylic acids is 1. The van der Waals surface area contributed by atoms with Gasteiger partial charge < -0.3 is 19.4 Å². The van der Waals surface area contributed by atoms with E-state index < -0.39 is 0 Å². The Bertz CT molecular complexity index is 746. The quantitative estimate of drug-likeness (QED) is 0.680. The van der Waals surface area contributed by atoms with Crippen LogP contribution in [0.3, 0.4) is 0 Å². The first kappa shape index (κ1) is 20.3. The SMILES string of the molecule is COCCn1c(SCC(=O)NC(C)c2ccccc2OC)nc(C)c1C. The number of aryl methyl sites for hydroxylation is 1. The zero-order valence-electron chi connectivity index (χ0n) is 16.0. The van der Waals surface area contributed by atoms with E-state index in [1.807, 2.05) is 45.0 Å². The first-order valence-electron chi connectivity index (χ1n) is 8.55. The van der Waals surface area contributed by atoms with E-state index in [1.165, 1.54) is 11.8 Å². The van der Waals surface area contributed by atoms with Gasteiger partial charge in [0.05, 0.1) is 31.2 Å². The lowest BCUT2D eigenvalue weighted by atomic mass is 10.1. The number of para-hydroxylation sites is 1. The molecule has 0 spiro atoms. The van der Waals surface area contributed by atoms with Gasteiger partial charge in [-0.15, -0.1) is 0 Å². The summed E-state index contributed by atoms with van der Waals surface area (Å²) >= 11 is 1.44. The van der Waals surface area contributed by atoms with Crippen molar-refractivity contribution in [3.63, 3.8) is 0 Å². The fraction of sp³-hybridized carbons (Fsp3) is 0.474. The molecule has 1 aromatic heterocycles. The van der Waals surface area contributed by atoms with Gasteiger partial charge in [0.1, 0.15) is 5.75 Å². The number of rotatable bonds is 9. The Morgan fingerprint density at radius 3 is 2.73 bits per heavy atom. The van der Waals surface area contributed by atoms with Crippen LogP contribution < -0.4 is 10.1 Å². The molecule has 7 heteroatoms. The number of hydrogen-bond donors (Lipinski definition) is 1. The van der Waals surface area contributed by atoms with Gasteiger partial charge in [0.25, 0.3) is 0 Å². The van der Waals surface area contributed by atoms with Crippen molar-refractivity contribution in [3.8, 4) is 5.75 Å². The van der Waals surface area contributed by atoms with Gasteiger partial charge in [0, 0.05) is 24.9 Å². The molecule has 1 amide bonds. The standard InChI is InChI=1S/C19H27N3O3S/c1-13-15(3)22(10-11-24-4)19(21-13)26-12-18(23)20-14(2)16-8-6-7-9-17(16)25-5/h6-9,14H,10-12H2,1-5H3,(H,20,23). The summed E-state index contributed by atoms with van der Waals surface area (Å²) in [6.45, 7) is 7.30. The predicted molar refractivity (Wildman–Crippen MR) is 104 cm³/mol. The molecule has 0 aliphatic heterocycles. The van der Waals surface area contributed by atoms with Crippen molar-refractivity contribution in [3.05, 3.63) is 41.2 Å². The van der Waals surface area contributed by atoms with Gasteiger partial charge >= 0.3 is 0 Å². The molecule has 26 heavy (non-hydrogen) atoms. The van der Waals surface area contributed by atoms with Gasteiger partial charge in [0.15, 0.2) is 5.16 Å². The van der Waals surface area contributed by atoms with Crippen LogP contribution in [-0.4, -0.2) is 42.0 Å². The highest BCUT2D eigenvalue weighted by Gasteiger charge is 2.16. The summed E-state index contributed by atoms with van der Waals surface area (Å²) in [5.41, 5.74) is 3.04. The lowest BCUT2D eigenvalue weighted by Gasteiger charge is -2.17. The van der Waals surface area contributed by atoms with Crippen molar-refractivity contribution in [2.75, 3.05) is 26.6 Å². The van der Waals surface area contributed by atoms with E-state index in [2.05, 4.69) is 14.9 Å². The van der Waals surface area contributed by atoms with Crippen molar-refractivity contribution in [2.45, 2.75) is 38.5 Å². The number of aromatic nitrogens is 2. The molecule has 1 N–H and O–H groups in total. The van der Waals surface area contributed by atoms with Gasteiger partial charge in [-0.3, -0.25) is 4.79 Å². The number of ether oxygens (including phenoxy) is 2. The van der Waals surface area contributed by atoms with Crippen LogP contribution in [0.25, 0.3) is 0 Å². The van der Waals surface area contributed by atoms with Crippen molar-refractivity contribution in [1.29, 1.82) is 0 Å². The molecule has 0 aliphatic carbocycles. The number of amides is 1. The molecule has 1 heterocycles. The Labute approximate surface area is 159 Å². The van der Waals surface area contributed by atoms with E-state index in [1.54, 1.807) is 14.2 Å². The molecule has 0 saturated heterocycles. The summed E-state index contributed by atoms with van der Waals surface area (Å²) < 4.78 is 12.6. The summed E-state index contributed by atoms with van der Waals surface area (Å²) in [6.07, 6.45) is 0. The summed E-state index contributed by atoms with van der Waals surface area (Å²) in [7, 11) is 3.31. The summed E-state index contributed by atoms with van der Waals surface area (Å²) in [5, 5.41) is 3.87. The van der Waals surface area contributed by atoms with Crippen LogP contribution in [-0.2, 0) is 16.1 Å². The van der Waals surface area contributed by atoms with Crippen LogP contribution in [0, 0.1) is 13.8 Å². The molecular formula is C19H27N3O3S. The normalized spacial score (nSPS) is 12.0. The van der Waals surface area contributed by atoms with Crippen molar-refractivity contribution in [1.82, 2.24) is 14.9 Å². The Balaban J connectivity index is 1.97. The third kappa shape index (κ3) is 5.02. The minimum Gasteiger partial charge on any atom is -0.496 e. The first-order valence-corrected chi connectivity index (χ1v) is 9.54. The molecular weight excluding hydrogens is 350 g/mol. The molecule has 0 bridgehead atoms. The average molecular weight is 378 g/mol. The highest BCUT2D eigenvalue weighted by Crippen LogP contribution is 2.25. The number of nitrogens with one attached hydrogen (secondary N) is 1. The molecule has 2 rings (SSSR count). The van der Waals surface area contributed by atoms with Crippen molar-refractivity contribution >= 4 is 17.7 Å². The number of methoxy groups -OCH3 is 2. The molecule has 6 nitrogen and oxygen atoms in total. The van der Waals surface area contributed by atoms with E-state index in [0.717, 1.165) is 34.4 Å². The third-order valence-corrected chi connectivity index (χ3v) is 5.23. The molecule has 1 unspecified atom stereocenters. The summed E-state index contributed by atoms with van der Waals surface area (Å²) in [4.78, 5) is 17.0. The van der Waals surface area contributed by atoms with Gasteiger partial charge in [-0.25, -0.2) is 4.98 Å². The second kappa shape index (κ2) is 9.64. The van der Waals surface area contributed by atoms with Gasteiger partial charge in [-0.1, -0.05) is 30.0 Å². The van der Waals surface area contributed by atoms with Crippen LogP contribution in [0.4, 0.5) is 0 Å². The van der Waals surface area contributed by atoms with Gasteiger partial charge in [0.2, 0.25) is 5.91 Å². The number of hydrogen-bond acceptors (Lipinski definition) is 5. The summed E-state index contributed by atoms with van der Waals surface area (Å²) in [6, 6.07) is 7.58. The lowest BCUT2D eigenvalue weighted by molar-refractivity contribution is -0.119. The molecule has 2 aromatic rings. The van der Waals surface area contributed by atoms with Crippen LogP contribution in [0.2, 0.25) is 0 Å². The molecule has 0 radical (unpaired) electrons. The largest absolute Gasteiger partial charge is 0.496 e. The fourth-order valence-corrected chi connectivity index (χ4v) is 3.62.